The summed E-state index contributed by atoms with van der Waals surface area (Å²) in [6.07, 6.45) is 1.45. The van der Waals surface area contributed by atoms with Crippen LogP contribution in [0.2, 0.25) is 0 Å². The topological polar surface area (TPSA) is 62.0 Å². The van der Waals surface area contributed by atoms with Crippen LogP contribution in [0.4, 0.5) is 0 Å². The summed E-state index contributed by atoms with van der Waals surface area (Å²) in [6.45, 7) is 2.46. The van der Waals surface area contributed by atoms with Gasteiger partial charge in [0.25, 0.3) is 5.91 Å². The summed E-state index contributed by atoms with van der Waals surface area (Å²) in [7, 11) is 0. The highest BCUT2D eigenvalue weighted by atomic mass is 79.9. The molecule has 0 aliphatic carbocycles. The minimum atomic E-state index is -0.274. The summed E-state index contributed by atoms with van der Waals surface area (Å²) in [5, 5.41) is 2.69. The van der Waals surface area contributed by atoms with Gasteiger partial charge in [-0.3, -0.25) is 9.59 Å². The molecule has 1 rings (SSSR count). The lowest BCUT2D eigenvalue weighted by atomic mass is 10.2. The molecule has 0 bridgehead atoms. The molecule has 0 spiro atoms. The molecule has 0 saturated carbocycles. The van der Waals surface area contributed by atoms with Gasteiger partial charge in [-0.15, -0.1) is 0 Å². The smallest absolute Gasteiger partial charge is 0.251 e. The number of H-pyrrole nitrogens is 1. The zero-order chi connectivity index (χ0) is 10.6. The Labute approximate surface area is 89.9 Å². The van der Waals surface area contributed by atoms with Gasteiger partial charge in [-0.1, -0.05) is 22.9 Å². The van der Waals surface area contributed by atoms with Gasteiger partial charge in [0.2, 0.25) is 5.56 Å². The van der Waals surface area contributed by atoms with Crippen molar-refractivity contribution in [3.05, 3.63) is 34.2 Å². The van der Waals surface area contributed by atoms with Crippen LogP contribution in [0.25, 0.3) is 0 Å². The predicted molar refractivity (Wildman–Crippen MR) is 57.8 cm³/mol. The minimum Gasteiger partial charge on any atom is -0.351 e. The Kier molecular flexibility index (Phi) is 3.88. The molecule has 1 aromatic rings. The molecular formula is C9H11BrN2O2. The molecule has 1 heterocycles. The third-order valence-electron chi connectivity index (χ3n) is 1.58. The average Bonchev–Trinajstić information content (AvgIpc) is 2.14. The van der Waals surface area contributed by atoms with Gasteiger partial charge in [0, 0.05) is 29.2 Å². The lowest BCUT2D eigenvalue weighted by molar-refractivity contribution is 0.0954. The lowest BCUT2D eigenvalue weighted by Gasteiger charge is -2.05. The second kappa shape index (κ2) is 4.95. The second-order valence-corrected chi connectivity index (χ2v) is 4.50. The molecular weight excluding hydrogens is 248 g/mol. The van der Waals surface area contributed by atoms with E-state index in [0.717, 1.165) is 0 Å². The Morgan fingerprint density at radius 1 is 1.71 bits per heavy atom. The van der Waals surface area contributed by atoms with Gasteiger partial charge in [0.05, 0.1) is 0 Å². The minimum absolute atomic E-state index is 0.216. The Hall–Kier alpha value is -1.10. The molecule has 76 valence electrons. The first-order valence-corrected chi connectivity index (χ1v) is 5.12. The van der Waals surface area contributed by atoms with E-state index in [1.807, 2.05) is 6.92 Å². The molecule has 14 heavy (non-hydrogen) atoms. The molecule has 1 amide bonds. The van der Waals surface area contributed by atoms with Crippen molar-refractivity contribution in [2.75, 3.05) is 6.54 Å². The highest BCUT2D eigenvalue weighted by Crippen LogP contribution is 1.96. The fourth-order valence-electron chi connectivity index (χ4n) is 0.921. The number of carbonyl (C=O) groups excluding carboxylic acids is 1. The number of hydrogen-bond acceptors (Lipinski definition) is 2. The van der Waals surface area contributed by atoms with Crippen LogP contribution in [0, 0.1) is 0 Å². The summed E-state index contributed by atoms with van der Waals surface area (Å²) in [6, 6.07) is 2.84. The Balaban J connectivity index is 2.65. The van der Waals surface area contributed by atoms with Crippen molar-refractivity contribution in [2.45, 2.75) is 11.8 Å². The van der Waals surface area contributed by atoms with Gasteiger partial charge < -0.3 is 10.3 Å². The van der Waals surface area contributed by atoms with E-state index in [-0.39, 0.29) is 16.3 Å². The third-order valence-corrected chi connectivity index (χ3v) is 1.90. The lowest BCUT2D eigenvalue weighted by Crippen LogP contribution is -2.29. The number of aromatic nitrogens is 1. The maximum atomic E-state index is 11.4. The highest BCUT2D eigenvalue weighted by Gasteiger charge is 2.05. The van der Waals surface area contributed by atoms with Gasteiger partial charge in [0.15, 0.2) is 0 Å². The number of nitrogens with one attached hydrogen (secondary N) is 2. The molecule has 4 nitrogen and oxygen atoms in total. The number of halogens is 1. The number of amides is 1. The first kappa shape index (κ1) is 11.0. The van der Waals surface area contributed by atoms with E-state index < -0.39 is 0 Å². The summed E-state index contributed by atoms with van der Waals surface area (Å²) in [4.78, 5) is 25.0. The van der Waals surface area contributed by atoms with Gasteiger partial charge in [-0.2, -0.15) is 0 Å². The quantitative estimate of drug-likeness (QED) is 0.792. The molecule has 1 atom stereocenters. The van der Waals surface area contributed by atoms with E-state index in [2.05, 4.69) is 26.2 Å². The van der Waals surface area contributed by atoms with E-state index in [1.54, 1.807) is 6.07 Å². The van der Waals surface area contributed by atoms with Crippen molar-refractivity contribution in [2.24, 2.45) is 0 Å². The SMILES string of the molecule is CC(Br)CNC(=O)c1cc[nH]c(=O)c1. The number of carbonyl (C=O) groups is 1. The van der Waals surface area contributed by atoms with E-state index in [4.69, 9.17) is 0 Å². The van der Waals surface area contributed by atoms with Crippen molar-refractivity contribution in [1.29, 1.82) is 0 Å². The molecule has 5 heteroatoms. The normalized spacial score (nSPS) is 12.1. The first-order valence-electron chi connectivity index (χ1n) is 4.20. The summed E-state index contributed by atoms with van der Waals surface area (Å²) >= 11 is 3.31. The zero-order valence-corrected chi connectivity index (χ0v) is 9.30. The van der Waals surface area contributed by atoms with Crippen molar-refractivity contribution in [1.82, 2.24) is 10.3 Å². The zero-order valence-electron chi connectivity index (χ0n) is 7.71. The average molecular weight is 259 g/mol. The Morgan fingerprint density at radius 3 is 3.00 bits per heavy atom. The fraction of sp³-hybridized carbons (Fsp3) is 0.333. The standard InChI is InChI=1S/C9H11BrN2O2/c1-6(10)5-12-9(14)7-2-3-11-8(13)4-7/h2-4,6H,5H2,1H3,(H,11,13)(H,12,14). The van der Waals surface area contributed by atoms with Crippen molar-refractivity contribution >= 4 is 21.8 Å². The molecule has 0 aliphatic rings. The number of alkyl halides is 1. The monoisotopic (exact) mass is 258 g/mol. The fourth-order valence-corrected chi connectivity index (χ4v) is 1.08. The Morgan fingerprint density at radius 2 is 2.43 bits per heavy atom. The maximum Gasteiger partial charge on any atom is 0.251 e. The number of aromatic amines is 1. The maximum absolute atomic E-state index is 11.4. The van der Waals surface area contributed by atoms with Crippen molar-refractivity contribution in [3.8, 4) is 0 Å². The van der Waals surface area contributed by atoms with Gasteiger partial charge in [0.1, 0.15) is 0 Å². The van der Waals surface area contributed by atoms with Crippen LogP contribution in [0.5, 0.6) is 0 Å². The van der Waals surface area contributed by atoms with Crippen molar-refractivity contribution < 1.29 is 4.79 Å². The van der Waals surface area contributed by atoms with E-state index in [0.29, 0.717) is 12.1 Å². The van der Waals surface area contributed by atoms with E-state index in [1.165, 1.54) is 12.3 Å². The number of pyridine rings is 1. The number of rotatable bonds is 3. The van der Waals surface area contributed by atoms with Crippen LogP contribution in [0.15, 0.2) is 23.1 Å². The van der Waals surface area contributed by atoms with Crippen LogP contribution in [-0.2, 0) is 0 Å². The van der Waals surface area contributed by atoms with Gasteiger partial charge in [-0.05, 0) is 6.07 Å². The van der Waals surface area contributed by atoms with E-state index in [9.17, 15) is 9.59 Å². The largest absolute Gasteiger partial charge is 0.351 e. The molecule has 1 aromatic heterocycles. The molecule has 0 saturated heterocycles. The summed E-state index contributed by atoms with van der Waals surface area (Å²) in [5.74, 6) is -0.234. The predicted octanol–water partition coefficient (Wildman–Crippen LogP) is 0.888. The van der Waals surface area contributed by atoms with Crippen LogP contribution in [0.1, 0.15) is 17.3 Å². The molecule has 2 N–H and O–H groups in total. The van der Waals surface area contributed by atoms with Crippen molar-refractivity contribution in [3.63, 3.8) is 0 Å². The van der Waals surface area contributed by atoms with Crippen LogP contribution in [-0.4, -0.2) is 22.3 Å². The van der Waals surface area contributed by atoms with E-state index >= 15 is 0 Å². The summed E-state index contributed by atoms with van der Waals surface area (Å²) in [5.41, 5.74) is 0.103. The van der Waals surface area contributed by atoms with Crippen LogP contribution < -0.4 is 10.9 Å². The third kappa shape index (κ3) is 3.33. The summed E-state index contributed by atoms with van der Waals surface area (Å²) < 4.78 is 0. The number of hydrogen-bond donors (Lipinski definition) is 2. The molecule has 1 unspecified atom stereocenters. The van der Waals surface area contributed by atoms with Gasteiger partial charge in [-0.25, -0.2) is 0 Å². The van der Waals surface area contributed by atoms with Gasteiger partial charge >= 0.3 is 0 Å². The molecule has 0 aliphatic heterocycles. The van der Waals surface area contributed by atoms with Crippen LogP contribution >= 0.6 is 15.9 Å². The first-order chi connectivity index (χ1) is 6.59. The Bertz CT molecular complexity index is 373. The molecule has 0 aromatic carbocycles. The second-order valence-electron chi connectivity index (χ2n) is 2.93. The highest BCUT2D eigenvalue weighted by molar-refractivity contribution is 9.09. The molecule has 0 radical (unpaired) electrons. The molecule has 0 fully saturated rings. The van der Waals surface area contributed by atoms with Crippen LogP contribution in [0.3, 0.4) is 0 Å².